The van der Waals surface area contributed by atoms with E-state index in [1.165, 1.54) is 64.2 Å². The first-order chi connectivity index (χ1) is 37.2. The molecule has 1 heterocycles. The average Bonchev–Trinajstić information content (AvgIpc) is 3.42. The van der Waals surface area contributed by atoms with E-state index >= 15 is 0 Å². The zero-order valence-corrected chi connectivity index (χ0v) is 47.6. The number of allylic oxidation sites excluding steroid dienone is 18. The SMILES string of the molecule is CC/C=C\C/C=C\C/C=C\C/C=C\C/C=C\C/C=C\CC(O)C(=O)NC(COC1OC(CO)C(O)C(O)C1OC(=O)CCCCCC/C=C\C/C=C\C/C=C\CCCCC)C(O)/C=C/CCCCCCCCCCCC. The van der Waals surface area contributed by atoms with Crippen LogP contribution < -0.4 is 5.32 Å². The minimum atomic E-state index is -1.64. The summed E-state index contributed by atoms with van der Waals surface area (Å²) in [6.45, 7) is 5.56. The maximum absolute atomic E-state index is 13.4. The molecule has 0 bridgehead atoms. The van der Waals surface area contributed by atoms with Crippen molar-refractivity contribution >= 4 is 11.9 Å². The van der Waals surface area contributed by atoms with Crippen molar-refractivity contribution < 1.29 is 49.3 Å². The summed E-state index contributed by atoms with van der Waals surface area (Å²) in [5.74, 6) is -1.32. The van der Waals surface area contributed by atoms with Crippen LogP contribution in [0, 0.1) is 0 Å². The molecule has 0 saturated carbocycles. The Hall–Kier alpha value is -3.94. The van der Waals surface area contributed by atoms with Gasteiger partial charge in [-0.15, -0.1) is 0 Å². The Balaban J connectivity index is 2.79. The number of esters is 1. The summed E-state index contributed by atoms with van der Waals surface area (Å²) in [7, 11) is 0. The fraction of sp³-hybridized carbons (Fsp3) is 0.662. The molecule has 0 spiro atoms. The molecule has 1 fully saturated rings. The lowest BCUT2D eigenvalue weighted by atomic mass is 9.99. The number of aliphatic hydroxyl groups is 5. The fourth-order valence-electron chi connectivity index (χ4n) is 8.38. The van der Waals surface area contributed by atoms with Gasteiger partial charge in [-0.25, -0.2) is 0 Å². The lowest BCUT2D eigenvalue weighted by molar-refractivity contribution is -0.305. The van der Waals surface area contributed by atoms with E-state index in [0.29, 0.717) is 12.8 Å². The Morgan fingerprint density at radius 3 is 1.45 bits per heavy atom. The predicted molar refractivity (Wildman–Crippen MR) is 314 cm³/mol. The number of amides is 1. The van der Waals surface area contributed by atoms with Crippen LogP contribution in [0.2, 0.25) is 0 Å². The van der Waals surface area contributed by atoms with Crippen LogP contribution in [0.25, 0.3) is 0 Å². The van der Waals surface area contributed by atoms with Crippen molar-refractivity contribution in [3.63, 3.8) is 0 Å². The third kappa shape index (κ3) is 39.4. The summed E-state index contributed by atoms with van der Waals surface area (Å²) in [5.41, 5.74) is 0. The number of hydrogen-bond donors (Lipinski definition) is 6. The second kappa shape index (κ2) is 51.8. The van der Waals surface area contributed by atoms with Crippen molar-refractivity contribution in [2.45, 2.75) is 262 Å². The highest BCUT2D eigenvalue weighted by Gasteiger charge is 2.47. The molecule has 1 aliphatic rings. The Morgan fingerprint density at radius 2 is 0.947 bits per heavy atom. The van der Waals surface area contributed by atoms with Crippen molar-refractivity contribution in [2.75, 3.05) is 13.2 Å². The minimum Gasteiger partial charge on any atom is -0.454 e. The van der Waals surface area contributed by atoms with Crippen LogP contribution in [0.3, 0.4) is 0 Å². The Labute approximate surface area is 461 Å². The van der Waals surface area contributed by atoms with E-state index in [2.05, 4.69) is 117 Å². The van der Waals surface area contributed by atoms with Gasteiger partial charge in [0, 0.05) is 12.8 Å². The van der Waals surface area contributed by atoms with Gasteiger partial charge in [0.1, 0.15) is 24.4 Å². The molecule has 432 valence electrons. The van der Waals surface area contributed by atoms with Gasteiger partial charge in [0.2, 0.25) is 5.91 Å². The molecule has 6 N–H and O–H groups in total. The first kappa shape index (κ1) is 70.1. The molecular formula is C65H107NO10. The van der Waals surface area contributed by atoms with Crippen LogP contribution in [-0.4, -0.2) is 99.6 Å². The highest BCUT2D eigenvalue weighted by Crippen LogP contribution is 2.26. The number of hydrogen-bond acceptors (Lipinski definition) is 10. The number of ether oxygens (including phenoxy) is 3. The Morgan fingerprint density at radius 1 is 0.526 bits per heavy atom. The van der Waals surface area contributed by atoms with Crippen molar-refractivity contribution in [2.24, 2.45) is 0 Å². The average molecular weight is 1060 g/mol. The van der Waals surface area contributed by atoms with Crippen LogP contribution in [-0.2, 0) is 23.8 Å². The van der Waals surface area contributed by atoms with Crippen LogP contribution in [0.15, 0.2) is 122 Å². The van der Waals surface area contributed by atoms with Gasteiger partial charge in [0.15, 0.2) is 12.4 Å². The molecule has 11 heteroatoms. The highest BCUT2D eigenvalue weighted by molar-refractivity contribution is 5.81. The van der Waals surface area contributed by atoms with Gasteiger partial charge in [-0.05, 0) is 96.3 Å². The monoisotopic (exact) mass is 1060 g/mol. The molecule has 11 nitrogen and oxygen atoms in total. The van der Waals surface area contributed by atoms with Gasteiger partial charge < -0.3 is 45.1 Å². The summed E-state index contributed by atoms with van der Waals surface area (Å²) in [6, 6.07) is -1.08. The summed E-state index contributed by atoms with van der Waals surface area (Å²) in [5, 5.41) is 56.8. The Kier molecular flexibility index (Phi) is 47.8. The first-order valence-corrected chi connectivity index (χ1v) is 29.8. The van der Waals surface area contributed by atoms with Crippen LogP contribution in [0.1, 0.15) is 213 Å². The molecule has 1 aliphatic heterocycles. The maximum Gasteiger partial charge on any atom is 0.306 e. The van der Waals surface area contributed by atoms with Gasteiger partial charge in [0.05, 0.1) is 25.4 Å². The zero-order valence-electron chi connectivity index (χ0n) is 47.6. The molecular weight excluding hydrogens is 955 g/mol. The molecule has 1 amide bonds. The minimum absolute atomic E-state index is 0.0490. The van der Waals surface area contributed by atoms with Gasteiger partial charge in [-0.2, -0.15) is 0 Å². The van der Waals surface area contributed by atoms with E-state index in [9.17, 15) is 35.1 Å². The highest BCUT2D eigenvalue weighted by atomic mass is 16.7. The van der Waals surface area contributed by atoms with Gasteiger partial charge >= 0.3 is 5.97 Å². The molecule has 8 atom stereocenters. The van der Waals surface area contributed by atoms with Gasteiger partial charge in [0.25, 0.3) is 0 Å². The third-order valence-electron chi connectivity index (χ3n) is 13.1. The zero-order chi connectivity index (χ0) is 55.4. The van der Waals surface area contributed by atoms with Crippen LogP contribution >= 0.6 is 0 Å². The van der Waals surface area contributed by atoms with E-state index in [1.807, 2.05) is 18.2 Å². The number of rotatable bonds is 48. The molecule has 0 radical (unpaired) electrons. The van der Waals surface area contributed by atoms with Crippen LogP contribution in [0.5, 0.6) is 0 Å². The van der Waals surface area contributed by atoms with Crippen molar-refractivity contribution in [1.82, 2.24) is 5.32 Å². The van der Waals surface area contributed by atoms with E-state index in [0.717, 1.165) is 103 Å². The topological polar surface area (TPSA) is 175 Å². The molecule has 0 aromatic carbocycles. The van der Waals surface area contributed by atoms with E-state index in [4.69, 9.17) is 14.2 Å². The first-order valence-electron chi connectivity index (χ1n) is 29.8. The summed E-state index contributed by atoms with van der Waals surface area (Å²) in [6.07, 6.45) is 61.1. The fourth-order valence-corrected chi connectivity index (χ4v) is 8.38. The van der Waals surface area contributed by atoms with Crippen LogP contribution in [0.4, 0.5) is 0 Å². The van der Waals surface area contributed by atoms with Crippen molar-refractivity contribution in [3.8, 4) is 0 Å². The maximum atomic E-state index is 13.4. The molecule has 76 heavy (non-hydrogen) atoms. The smallest absolute Gasteiger partial charge is 0.306 e. The molecule has 0 aromatic rings. The predicted octanol–water partition coefficient (Wildman–Crippen LogP) is 13.9. The normalized spacial score (nSPS) is 20.0. The number of carbonyl (C=O) groups excluding carboxylic acids is 2. The largest absolute Gasteiger partial charge is 0.454 e. The number of aliphatic hydroxyl groups excluding tert-OH is 5. The molecule has 0 aromatic heterocycles. The standard InChI is InChI=1S/C65H107NO10/c1-4-7-10-13-16-19-22-25-27-29-31-32-34-37-40-43-46-49-52-58(69)64(73)66-56(57(68)51-48-45-42-39-36-24-21-18-15-12-9-6-3)55-74-65-63(62(72)61(71)59(54-67)75-65)76-60(70)53-50-47-44-41-38-35-33-30-28-26-23-20-17-14-11-8-5-2/h7,10,16-17,19-20,25-28,31-33,35,37,40,46,48-49,51,56-59,61-63,65,67-69,71-72H,4-6,8-9,11-15,18,21-24,29-30,34,36,38-39,41-45,47,50,52-55H2,1-3H3,(H,66,73)/b10-7-,19-16-,20-17-,27-25-,28-26-,32-31-,35-33-,40-37-,49-46-,51-48+. The van der Waals surface area contributed by atoms with Gasteiger partial charge in [-0.1, -0.05) is 226 Å². The number of unbranched alkanes of at least 4 members (excludes halogenated alkanes) is 17. The molecule has 1 saturated heterocycles. The van der Waals surface area contributed by atoms with E-state index in [-0.39, 0.29) is 19.4 Å². The van der Waals surface area contributed by atoms with E-state index < -0.39 is 67.4 Å². The molecule has 1 rings (SSSR count). The summed E-state index contributed by atoms with van der Waals surface area (Å²) >= 11 is 0. The quantitative estimate of drug-likeness (QED) is 0.0195. The molecule has 0 aliphatic carbocycles. The van der Waals surface area contributed by atoms with Crippen molar-refractivity contribution in [1.29, 1.82) is 0 Å². The summed E-state index contributed by atoms with van der Waals surface area (Å²) in [4.78, 5) is 26.5. The van der Waals surface area contributed by atoms with E-state index in [1.54, 1.807) is 12.2 Å². The lowest BCUT2D eigenvalue weighted by Gasteiger charge is -2.41. The third-order valence-corrected chi connectivity index (χ3v) is 13.1. The number of nitrogens with one attached hydrogen (secondary N) is 1. The number of carbonyl (C=O) groups is 2. The second-order valence-electron chi connectivity index (χ2n) is 20.0. The molecule has 8 unspecified atom stereocenters. The second-order valence-corrected chi connectivity index (χ2v) is 20.0. The van der Waals surface area contributed by atoms with Gasteiger partial charge in [-0.3, -0.25) is 9.59 Å². The lowest BCUT2D eigenvalue weighted by Crippen LogP contribution is -2.61. The summed E-state index contributed by atoms with van der Waals surface area (Å²) < 4.78 is 17.5. The Bertz CT molecular complexity index is 1690. The van der Waals surface area contributed by atoms with Crippen molar-refractivity contribution in [3.05, 3.63) is 122 Å².